The van der Waals surface area contributed by atoms with Crippen LogP contribution >= 0.6 is 0 Å². The number of benzene rings is 2. The van der Waals surface area contributed by atoms with Crippen molar-refractivity contribution < 1.29 is 4.79 Å². The van der Waals surface area contributed by atoms with Crippen molar-refractivity contribution >= 4 is 5.91 Å². The molecule has 19 heavy (non-hydrogen) atoms. The minimum absolute atomic E-state index is 0.0177. The van der Waals surface area contributed by atoms with Gasteiger partial charge >= 0.3 is 0 Å². The van der Waals surface area contributed by atoms with Crippen LogP contribution in [0.2, 0.25) is 0 Å². The number of nitrogens with one attached hydrogen (secondary N) is 1. The smallest absolute Gasteiger partial charge is 0.251 e. The first-order valence-electron chi connectivity index (χ1n) is 6.59. The van der Waals surface area contributed by atoms with E-state index in [-0.39, 0.29) is 17.9 Å². The average Bonchev–Trinajstić information content (AvgIpc) is 2.48. The predicted molar refractivity (Wildman–Crippen MR) is 78.2 cm³/mol. The van der Waals surface area contributed by atoms with Gasteiger partial charge in [0.1, 0.15) is 0 Å². The highest BCUT2D eigenvalue weighted by Crippen LogP contribution is 2.18. The van der Waals surface area contributed by atoms with Gasteiger partial charge in [-0.3, -0.25) is 4.79 Å². The molecule has 2 heteroatoms. The third-order valence-corrected chi connectivity index (χ3v) is 3.47. The van der Waals surface area contributed by atoms with Gasteiger partial charge in [-0.2, -0.15) is 0 Å². The SMILES string of the molecule is CC(NC(=O)c1ccccc1)C(C)c1ccccc1. The first kappa shape index (κ1) is 13.3. The zero-order valence-electron chi connectivity index (χ0n) is 11.3. The van der Waals surface area contributed by atoms with Crippen molar-refractivity contribution in [2.45, 2.75) is 25.8 Å². The maximum absolute atomic E-state index is 12.1. The molecule has 98 valence electrons. The van der Waals surface area contributed by atoms with E-state index in [0.29, 0.717) is 5.56 Å². The molecule has 1 N–H and O–H groups in total. The third-order valence-electron chi connectivity index (χ3n) is 3.47. The molecule has 1 amide bonds. The van der Waals surface area contributed by atoms with Gasteiger partial charge in [0.15, 0.2) is 0 Å². The summed E-state index contributed by atoms with van der Waals surface area (Å²) in [5.41, 5.74) is 1.94. The number of hydrogen-bond donors (Lipinski definition) is 1. The van der Waals surface area contributed by atoms with Crippen molar-refractivity contribution in [1.82, 2.24) is 5.32 Å². The number of amides is 1. The molecule has 0 aliphatic rings. The summed E-state index contributed by atoms with van der Waals surface area (Å²) in [5, 5.41) is 3.06. The van der Waals surface area contributed by atoms with Gasteiger partial charge in [-0.05, 0) is 24.6 Å². The fourth-order valence-corrected chi connectivity index (χ4v) is 2.05. The van der Waals surface area contributed by atoms with Gasteiger partial charge in [0.25, 0.3) is 5.91 Å². The minimum atomic E-state index is -0.0177. The van der Waals surface area contributed by atoms with Crippen LogP contribution in [0, 0.1) is 0 Å². The predicted octanol–water partition coefficient (Wildman–Crippen LogP) is 3.61. The highest BCUT2D eigenvalue weighted by molar-refractivity contribution is 5.94. The van der Waals surface area contributed by atoms with E-state index >= 15 is 0 Å². The number of rotatable bonds is 4. The zero-order chi connectivity index (χ0) is 13.7. The number of hydrogen-bond acceptors (Lipinski definition) is 1. The fraction of sp³-hybridized carbons (Fsp3) is 0.235. The number of carbonyl (C=O) groups excluding carboxylic acids is 1. The van der Waals surface area contributed by atoms with E-state index in [4.69, 9.17) is 0 Å². The fourth-order valence-electron chi connectivity index (χ4n) is 2.05. The molecule has 2 atom stereocenters. The van der Waals surface area contributed by atoms with Crippen LogP contribution in [0.1, 0.15) is 35.7 Å². The highest BCUT2D eigenvalue weighted by atomic mass is 16.1. The largest absolute Gasteiger partial charge is 0.349 e. The van der Waals surface area contributed by atoms with E-state index in [1.54, 1.807) is 0 Å². The molecule has 0 aliphatic carbocycles. The van der Waals surface area contributed by atoms with Gasteiger partial charge < -0.3 is 5.32 Å². The molecule has 0 radical (unpaired) electrons. The van der Waals surface area contributed by atoms with Crippen LogP contribution in [-0.4, -0.2) is 11.9 Å². The minimum Gasteiger partial charge on any atom is -0.349 e. The van der Waals surface area contributed by atoms with Crippen LogP contribution in [0.5, 0.6) is 0 Å². The van der Waals surface area contributed by atoms with Crippen molar-refractivity contribution in [2.75, 3.05) is 0 Å². The maximum Gasteiger partial charge on any atom is 0.251 e. The van der Waals surface area contributed by atoms with Crippen LogP contribution in [-0.2, 0) is 0 Å². The van der Waals surface area contributed by atoms with Gasteiger partial charge in [-0.1, -0.05) is 55.5 Å². The van der Waals surface area contributed by atoms with Gasteiger partial charge in [-0.25, -0.2) is 0 Å². The lowest BCUT2D eigenvalue weighted by molar-refractivity contribution is 0.0935. The monoisotopic (exact) mass is 253 g/mol. The molecule has 0 fully saturated rings. The van der Waals surface area contributed by atoms with E-state index in [0.717, 1.165) is 0 Å². The van der Waals surface area contributed by atoms with Gasteiger partial charge in [0, 0.05) is 17.5 Å². The Hall–Kier alpha value is -2.09. The first-order chi connectivity index (χ1) is 9.18. The first-order valence-corrected chi connectivity index (χ1v) is 6.59. The molecule has 0 bridgehead atoms. The molecule has 2 aromatic carbocycles. The zero-order valence-corrected chi connectivity index (χ0v) is 11.3. The van der Waals surface area contributed by atoms with Crippen molar-refractivity contribution in [3.05, 3.63) is 71.8 Å². The topological polar surface area (TPSA) is 29.1 Å². The Labute approximate surface area is 114 Å². The van der Waals surface area contributed by atoms with E-state index in [1.807, 2.05) is 55.5 Å². The van der Waals surface area contributed by atoms with Crippen LogP contribution in [0.25, 0.3) is 0 Å². The van der Waals surface area contributed by atoms with Crippen molar-refractivity contribution in [3.63, 3.8) is 0 Å². The molecule has 0 aromatic heterocycles. The van der Waals surface area contributed by atoms with Crippen LogP contribution in [0.15, 0.2) is 60.7 Å². The lowest BCUT2D eigenvalue weighted by Crippen LogP contribution is -2.36. The van der Waals surface area contributed by atoms with Crippen LogP contribution in [0.3, 0.4) is 0 Å². The molecule has 2 rings (SSSR count). The molecule has 2 nitrogen and oxygen atoms in total. The summed E-state index contributed by atoms with van der Waals surface area (Å²) in [6.07, 6.45) is 0. The molecular weight excluding hydrogens is 234 g/mol. The highest BCUT2D eigenvalue weighted by Gasteiger charge is 2.16. The summed E-state index contributed by atoms with van der Waals surface area (Å²) in [4.78, 5) is 12.1. The quantitative estimate of drug-likeness (QED) is 0.886. The molecule has 2 aromatic rings. The maximum atomic E-state index is 12.1. The molecule has 0 aliphatic heterocycles. The van der Waals surface area contributed by atoms with E-state index in [9.17, 15) is 4.79 Å². The summed E-state index contributed by atoms with van der Waals surface area (Å²) in [6.45, 7) is 4.17. The molecule has 0 spiro atoms. The Morgan fingerprint density at radius 3 is 2.00 bits per heavy atom. The Morgan fingerprint density at radius 2 is 1.42 bits per heavy atom. The summed E-state index contributed by atoms with van der Waals surface area (Å²) >= 11 is 0. The van der Waals surface area contributed by atoms with Crippen LogP contribution < -0.4 is 5.32 Å². The van der Waals surface area contributed by atoms with Gasteiger partial charge in [0.2, 0.25) is 0 Å². The third kappa shape index (κ3) is 3.44. The second-order valence-corrected chi connectivity index (χ2v) is 4.83. The standard InChI is InChI=1S/C17H19NO/c1-13(15-9-5-3-6-10-15)14(2)18-17(19)16-11-7-4-8-12-16/h3-14H,1-2H3,(H,18,19). The molecule has 0 saturated heterocycles. The summed E-state index contributed by atoms with van der Waals surface area (Å²) < 4.78 is 0. The van der Waals surface area contributed by atoms with E-state index < -0.39 is 0 Å². The number of carbonyl (C=O) groups is 1. The molecule has 2 unspecified atom stereocenters. The van der Waals surface area contributed by atoms with Crippen LogP contribution in [0.4, 0.5) is 0 Å². The van der Waals surface area contributed by atoms with Crippen molar-refractivity contribution in [2.24, 2.45) is 0 Å². The Kier molecular flexibility index (Phi) is 4.35. The average molecular weight is 253 g/mol. The van der Waals surface area contributed by atoms with E-state index in [1.165, 1.54) is 5.56 Å². The van der Waals surface area contributed by atoms with Gasteiger partial charge in [0.05, 0.1) is 0 Å². The van der Waals surface area contributed by atoms with Crippen molar-refractivity contribution in [1.29, 1.82) is 0 Å². The summed E-state index contributed by atoms with van der Waals surface area (Å²) in [7, 11) is 0. The lowest BCUT2D eigenvalue weighted by Gasteiger charge is -2.21. The van der Waals surface area contributed by atoms with Crippen molar-refractivity contribution in [3.8, 4) is 0 Å². The molecule has 0 heterocycles. The second kappa shape index (κ2) is 6.19. The molecular formula is C17H19NO. The summed E-state index contributed by atoms with van der Waals surface area (Å²) in [5.74, 6) is 0.268. The molecule has 0 saturated carbocycles. The van der Waals surface area contributed by atoms with E-state index in [2.05, 4.69) is 24.4 Å². The summed E-state index contributed by atoms with van der Waals surface area (Å²) in [6, 6.07) is 19.7. The Bertz CT molecular complexity index is 521. The lowest BCUT2D eigenvalue weighted by atomic mass is 9.94. The van der Waals surface area contributed by atoms with Gasteiger partial charge in [-0.15, -0.1) is 0 Å². The Morgan fingerprint density at radius 1 is 0.895 bits per heavy atom. The normalized spacial score (nSPS) is 13.6. The Balaban J connectivity index is 2.02. The second-order valence-electron chi connectivity index (χ2n) is 4.83.